The fourth-order valence-electron chi connectivity index (χ4n) is 0.691. The van der Waals surface area contributed by atoms with Crippen molar-refractivity contribution < 1.29 is 14.3 Å². The van der Waals surface area contributed by atoms with Gasteiger partial charge in [0.05, 0.1) is 19.8 Å². The summed E-state index contributed by atoms with van der Waals surface area (Å²) < 4.78 is 10.0. The van der Waals surface area contributed by atoms with Crippen LogP contribution >= 0.6 is 0 Å². The third-order valence-corrected chi connectivity index (χ3v) is 1.34. The molecule has 76 valence electrons. The molecule has 0 radical (unpaired) electrons. The largest absolute Gasteiger partial charge is 0.449 e. The number of ether oxygens (including phenoxy) is 2. The van der Waals surface area contributed by atoms with Gasteiger partial charge < -0.3 is 14.8 Å². The van der Waals surface area contributed by atoms with Crippen LogP contribution in [0, 0.1) is 5.92 Å². The second kappa shape index (κ2) is 7.61. The van der Waals surface area contributed by atoms with E-state index in [1.54, 1.807) is 6.08 Å². The van der Waals surface area contributed by atoms with E-state index in [2.05, 4.69) is 11.9 Å². The van der Waals surface area contributed by atoms with Crippen LogP contribution in [0.3, 0.4) is 0 Å². The van der Waals surface area contributed by atoms with E-state index in [1.807, 2.05) is 6.92 Å². The van der Waals surface area contributed by atoms with Crippen LogP contribution in [0.4, 0.5) is 4.79 Å². The van der Waals surface area contributed by atoms with E-state index in [9.17, 15) is 4.79 Å². The van der Waals surface area contributed by atoms with E-state index in [1.165, 1.54) is 7.05 Å². The highest BCUT2D eigenvalue weighted by molar-refractivity contribution is 5.66. The summed E-state index contributed by atoms with van der Waals surface area (Å²) in [6.45, 7) is 6.95. The number of carbonyl (C=O) groups excluding carboxylic acids is 1. The Morgan fingerprint density at radius 2 is 2.31 bits per heavy atom. The molecule has 0 saturated carbocycles. The molecule has 1 N–H and O–H groups in total. The van der Waals surface area contributed by atoms with Crippen molar-refractivity contribution in [3.05, 3.63) is 12.7 Å². The molecule has 0 aromatic rings. The maximum absolute atomic E-state index is 10.7. The second-order valence-electron chi connectivity index (χ2n) is 2.78. The van der Waals surface area contributed by atoms with E-state index in [0.29, 0.717) is 19.8 Å². The van der Waals surface area contributed by atoms with Gasteiger partial charge in [-0.3, -0.25) is 0 Å². The maximum Gasteiger partial charge on any atom is 0.406 e. The zero-order valence-electron chi connectivity index (χ0n) is 8.21. The first kappa shape index (κ1) is 12.0. The lowest BCUT2D eigenvalue weighted by Crippen LogP contribution is -2.23. The Morgan fingerprint density at radius 3 is 2.85 bits per heavy atom. The third-order valence-electron chi connectivity index (χ3n) is 1.34. The van der Waals surface area contributed by atoms with Gasteiger partial charge in [-0.1, -0.05) is 13.0 Å². The summed E-state index contributed by atoms with van der Waals surface area (Å²) in [5.74, 6) is 0.206. The molecule has 0 heterocycles. The minimum atomic E-state index is -0.407. The van der Waals surface area contributed by atoms with Gasteiger partial charge in [0.25, 0.3) is 0 Å². The zero-order chi connectivity index (χ0) is 10.1. The Morgan fingerprint density at radius 1 is 1.62 bits per heavy atom. The van der Waals surface area contributed by atoms with Crippen LogP contribution in [0.1, 0.15) is 6.92 Å². The summed E-state index contributed by atoms with van der Waals surface area (Å²) in [6, 6.07) is 0. The molecule has 1 amide bonds. The maximum atomic E-state index is 10.7. The fourth-order valence-corrected chi connectivity index (χ4v) is 0.691. The molecule has 4 heteroatoms. The summed E-state index contributed by atoms with van der Waals surface area (Å²) >= 11 is 0. The second-order valence-corrected chi connectivity index (χ2v) is 2.78. The van der Waals surface area contributed by atoms with Crippen LogP contribution in [-0.2, 0) is 9.47 Å². The number of hydrogen-bond donors (Lipinski definition) is 1. The lowest BCUT2D eigenvalue weighted by molar-refractivity contribution is 0.0803. The summed E-state index contributed by atoms with van der Waals surface area (Å²) in [6.07, 6.45) is 1.28. The lowest BCUT2D eigenvalue weighted by Gasteiger charge is -2.11. The highest BCUT2D eigenvalue weighted by atomic mass is 16.5. The van der Waals surface area contributed by atoms with Crippen molar-refractivity contribution >= 4 is 6.09 Å². The van der Waals surface area contributed by atoms with Crippen molar-refractivity contribution in [1.29, 1.82) is 0 Å². The molecule has 0 bridgehead atoms. The Hall–Kier alpha value is -1.03. The van der Waals surface area contributed by atoms with Crippen molar-refractivity contribution in [3.63, 3.8) is 0 Å². The predicted molar refractivity (Wildman–Crippen MR) is 50.6 cm³/mol. The summed E-state index contributed by atoms with van der Waals surface area (Å²) in [5, 5.41) is 2.37. The molecule has 0 aromatic heterocycles. The number of hydrogen-bond acceptors (Lipinski definition) is 3. The van der Waals surface area contributed by atoms with Crippen molar-refractivity contribution in [3.8, 4) is 0 Å². The highest BCUT2D eigenvalue weighted by Gasteiger charge is 2.04. The van der Waals surface area contributed by atoms with Gasteiger partial charge in [0.2, 0.25) is 0 Å². The van der Waals surface area contributed by atoms with Crippen LogP contribution in [0.2, 0.25) is 0 Å². The normalized spacial score (nSPS) is 11.8. The van der Waals surface area contributed by atoms with Crippen molar-refractivity contribution in [1.82, 2.24) is 5.32 Å². The topological polar surface area (TPSA) is 47.6 Å². The van der Waals surface area contributed by atoms with Gasteiger partial charge >= 0.3 is 6.09 Å². The van der Waals surface area contributed by atoms with E-state index in [-0.39, 0.29) is 5.92 Å². The number of alkyl carbamates (subject to hydrolysis) is 1. The SMILES string of the molecule is C=CCOCC(C)COC(=O)NC. The molecule has 0 saturated heterocycles. The Labute approximate surface area is 78.9 Å². The standard InChI is InChI=1S/C9H17NO3/c1-4-5-12-6-8(2)7-13-9(11)10-3/h4,8H,1,5-7H2,2-3H3,(H,10,11). The number of amides is 1. The first-order chi connectivity index (χ1) is 6.20. The van der Waals surface area contributed by atoms with Gasteiger partial charge in [-0.05, 0) is 0 Å². The lowest BCUT2D eigenvalue weighted by atomic mass is 10.2. The molecule has 0 aliphatic carbocycles. The van der Waals surface area contributed by atoms with Gasteiger partial charge in [0.1, 0.15) is 0 Å². The summed E-state index contributed by atoms with van der Waals surface area (Å²) in [5.41, 5.74) is 0. The number of rotatable bonds is 6. The Kier molecular flexibility index (Phi) is 7.01. The fraction of sp³-hybridized carbons (Fsp3) is 0.667. The average molecular weight is 187 g/mol. The van der Waals surface area contributed by atoms with Crippen LogP contribution in [0.5, 0.6) is 0 Å². The molecule has 1 atom stereocenters. The van der Waals surface area contributed by atoms with Gasteiger partial charge in [-0.25, -0.2) is 4.79 Å². The zero-order valence-corrected chi connectivity index (χ0v) is 8.21. The molecule has 0 spiro atoms. The predicted octanol–water partition coefficient (Wildman–Crippen LogP) is 1.18. The van der Waals surface area contributed by atoms with Crippen LogP contribution in [0.25, 0.3) is 0 Å². The highest BCUT2D eigenvalue weighted by Crippen LogP contribution is 1.96. The van der Waals surface area contributed by atoms with Crippen LogP contribution < -0.4 is 5.32 Å². The molecule has 0 aliphatic heterocycles. The minimum Gasteiger partial charge on any atom is -0.449 e. The molecular weight excluding hydrogens is 170 g/mol. The number of carbonyl (C=O) groups is 1. The molecule has 1 unspecified atom stereocenters. The van der Waals surface area contributed by atoms with Gasteiger partial charge in [-0.2, -0.15) is 0 Å². The molecule has 4 nitrogen and oxygen atoms in total. The van der Waals surface area contributed by atoms with Crippen molar-refractivity contribution in [2.75, 3.05) is 26.9 Å². The number of nitrogens with one attached hydrogen (secondary N) is 1. The molecule has 0 aliphatic rings. The smallest absolute Gasteiger partial charge is 0.406 e. The van der Waals surface area contributed by atoms with Gasteiger partial charge in [0.15, 0.2) is 0 Å². The van der Waals surface area contributed by atoms with Crippen molar-refractivity contribution in [2.24, 2.45) is 5.92 Å². The quantitative estimate of drug-likeness (QED) is 0.501. The Balaban J connectivity index is 3.34. The third kappa shape index (κ3) is 7.33. The van der Waals surface area contributed by atoms with Gasteiger partial charge in [0, 0.05) is 13.0 Å². The molecule has 0 aromatic carbocycles. The summed E-state index contributed by atoms with van der Waals surface area (Å²) in [4.78, 5) is 10.7. The average Bonchev–Trinajstić information content (AvgIpc) is 2.14. The molecular formula is C9H17NO3. The Bertz CT molecular complexity index is 159. The van der Waals surface area contributed by atoms with Crippen molar-refractivity contribution in [2.45, 2.75) is 6.92 Å². The van der Waals surface area contributed by atoms with E-state index >= 15 is 0 Å². The van der Waals surface area contributed by atoms with E-state index in [0.717, 1.165) is 0 Å². The van der Waals surface area contributed by atoms with Gasteiger partial charge in [-0.15, -0.1) is 6.58 Å². The van der Waals surface area contributed by atoms with Crippen LogP contribution in [0.15, 0.2) is 12.7 Å². The first-order valence-corrected chi connectivity index (χ1v) is 4.23. The van der Waals surface area contributed by atoms with E-state index < -0.39 is 6.09 Å². The first-order valence-electron chi connectivity index (χ1n) is 4.23. The van der Waals surface area contributed by atoms with E-state index in [4.69, 9.17) is 9.47 Å². The van der Waals surface area contributed by atoms with Crippen LogP contribution in [-0.4, -0.2) is 33.0 Å². The molecule has 13 heavy (non-hydrogen) atoms. The molecule has 0 rings (SSSR count). The monoisotopic (exact) mass is 187 g/mol. The summed E-state index contributed by atoms with van der Waals surface area (Å²) in [7, 11) is 1.53. The minimum absolute atomic E-state index is 0.206. The molecule has 0 fully saturated rings.